The molecule has 0 bridgehead atoms. The van der Waals surface area contributed by atoms with Gasteiger partial charge in [-0.25, -0.2) is 9.18 Å². The summed E-state index contributed by atoms with van der Waals surface area (Å²) in [6, 6.07) is 14.1. The van der Waals surface area contributed by atoms with Crippen molar-refractivity contribution >= 4 is 23.7 Å². The molecule has 0 atom stereocenters. The van der Waals surface area contributed by atoms with Gasteiger partial charge in [-0.05, 0) is 41.8 Å². The lowest BCUT2D eigenvalue weighted by atomic mass is 10.1. The Hall–Kier alpha value is -3.97. The molecule has 1 N–H and O–H groups in total. The molecule has 0 spiro atoms. The van der Waals surface area contributed by atoms with E-state index in [1.165, 1.54) is 24.1 Å². The van der Waals surface area contributed by atoms with Crippen LogP contribution in [0.15, 0.2) is 48.5 Å². The Morgan fingerprint density at radius 2 is 1.71 bits per heavy atom. The first-order chi connectivity index (χ1) is 16.4. The molecule has 0 saturated heterocycles. The molecule has 0 aromatic heterocycles. The van der Waals surface area contributed by atoms with Gasteiger partial charge in [0.15, 0.2) is 6.61 Å². The molecule has 9 nitrogen and oxygen atoms in total. The summed E-state index contributed by atoms with van der Waals surface area (Å²) in [6.07, 6.45) is -0.111. The molecule has 0 heterocycles. The van der Waals surface area contributed by atoms with Crippen molar-refractivity contribution in [3.63, 3.8) is 0 Å². The van der Waals surface area contributed by atoms with E-state index in [0.717, 1.165) is 0 Å². The third-order valence-corrected chi connectivity index (χ3v) is 4.53. The number of nitrogens with one attached hydrogen (secondary N) is 1. The highest BCUT2D eigenvalue weighted by Gasteiger charge is 2.19. The minimum atomic E-state index is -0.711. The summed E-state index contributed by atoms with van der Waals surface area (Å²) in [5.74, 6) is -1.32. The first-order valence-electron chi connectivity index (χ1n) is 10.5. The highest BCUT2D eigenvalue weighted by molar-refractivity contribution is 5.92. The van der Waals surface area contributed by atoms with E-state index < -0.39 is 18.7 Å². The second kappa shape index (κ2) is 14.2. The first kappa shape index (κ1) is 26.3. The summed E-state index contributed by atoms with van der Waals surface area (Å²) in [6.45, 7) is -0.175. The average molecular weight is 471 g/mol. The molecule has 2 aromatic rings. The number of carbonyl (C=O) groups excluding carboxylic acids is 3. The number of benzene rings is 2. The van der Waals surface area contributed by atoms with E-state index in [2.05, 4.69) is 5.32 Å². The SMILES string of the molecule is COCCCN(CC(=O)OCC#N)C(=O)OCc1ccc(NC(=O)Cc2ccc(F)cc2)cc1. The Morgan fingerprint density at radius 1 is 1.03 bits per heavy atom. The molecule has 0 aliphatic heterocycles. The number of anilines is 1. The number of methoxy groups -OCH3 is 1. The van der Waals surface area contributed by atoms with Crippen LogP contribution in [0.5, 0.6) is 0 Å². The quantitative estimate of drug-likeness (QED) is 0.373. The summed E-state index contributed by atoms with van der Waals surface area (Å²) in [4.78, 5) is 37.6. The maximum atomic E-state index is 13.0. The summed E-state index contributed by atoms with van der Waals surface area (Å²) in [5.41, 5.74) is 1.92. The Balaban J connectivity index is 1.85. The lowest BCUT2D eigenvalue weighted by Crippen LogP contribution is -2.38. The predicted molar refractivity (Wildman–Crippen MR) is 120 cm³/mol. The van der Waals surface area contributed by atoms with Gasteiger partial charge in [0.1, 0.15) is 25.0 Å². The van der Waals surface area contributed by atoms with Crippen LogP contribution in [0.4, 0.5) is 14.9 Å². The van der Waals surface area contributed by atoms with Crippen LogP contribution in [0, 0.1) is 17.1 Å². The zero-order valence-electron chi connectivity index (χ0n) is 18.8. The molecule has 0 aliphatic rings. The fraction of sp³-hybridized carbons (Fsp3) is 0.333. The van der Waals surface area contributed by atoms with E-state index in [4.69, 9.17) is 19.5 Å². The van der Waals surface area contributed by atoms with Gasteiger partial charge in [-0.15, -0.1) is 0 Å². The van der Waals surface area contributed by atoms with Gasteiger partial charge in [0.05, 0.1) is 6.42 Å². The second-order valence-corrected chi connectivity index (χ2v) is 7.19. The van der Waals surface area contributed by atoms with E-state index >= 15 is 0 Å². The van der Waals surface area contributed by atoms with Crippen LogP contribution < -0.4 is 5.32 Å². The van der Waals surface area contributed by atoms with Gasteiger partial charge in [0.25, 0.3) is 0 Å². The maximum absolute atomic E-state index is 13.0. The van der Waals surface area contributed by atoms with Gasteiger partial charge in [-0.1, -0.05) is 24.3 Å². The number of ether oxygens (including phenoxy) is 3. The molecular weight excluding hydrogens is 445 g/mol. The lowest BCUT2D eigenvalue weighted by Gasteiger charge is -2.21. The highest BCUT2D eigenvalue weighted by atomic mass is 19.1. The minimum Gasteiger partial charge on any atom is -0.449 e. The van der Waals surface area contributed by atoms with Crippen molar-refractivity contribution in [3.8, 4) is 6.07 Å². The van der Waals surface area contributed by atoms with Gasteiger partial charge in [0, 0.05) is 25.9 Å². The maximum Gasteiger partial charge on any atom is 0.410 e. The fourth-order valence-electron chi connectivity index (χ4n) is 2.86. The number of halogens is 1. The molecule has 0 radical (unpaired) electrons. The van der Waals surface area contributed by atoms with Crippen molar-refractivity contribution in [3.05, 3.63) is 65.5 Å². The van der Waals surface area contributed by atoms with Crippen LogP contribution >= 0.6 is 0 Å². The molecular formula is C24H26FN3O6. The predicted octanol–water partition coefficient (Wildman–Crippen LogP) is 3.05. The summed E-state index contributed by atoms with van der Waals surface area (Å²) in [7, 11) is 1.53. The van der Waals surface area contributed by atoms with E-state index in [9.17, 15) is 18.8 Å². The molecule has 0 aliphatic carbocycles. The molecule has 10 heteroatoms. The Bertz CT molecular complexity index is 989. The van der Waals surface area contributed by atoms with Crippen molar-refractivity contribution < 1.29 is 33.0 Å². The highest BCUT2D eigenvalue weighted by Crippen LogP contribution is 2.12. The monoisotopic (exact) mass is 471 g/mol. The van der Waals surface area contributed by atoms with Gasteiger partial charge >= 0.3 is 12.1 Å². The van der Waals surface area contributed by atoms with Gasteiger partial charge in [-0.3, -0.25) is 14.5 Å². The third-order valence-electron chi connectivity index (χ3n) is 4.53. The first-order valence-corrected chi connectivity index (χ1v) is 10.5. The molecule has 2 aromatic carbocycles. The van der Waals surface area contributed by atoms with Crippen molar-refractivity contribution in [1.29, 1.82) is 5.26 Å². The number of amides is 2. The van der Waals surface area contributed by atoms with E-state index in [1.807, 2.05) is 0 Å². The largest absolute Gasteiger partial charge is 0.449 e. The van der Waals surface area contributed by atoms with Crippen LogP contribution in [0.2, 0.25) is 0 Å². The zero-order chi connectivity index (χ0) is 24.8. The number of hydrogen-bond donors (Lipinski definition) is 1. The topological polar surface area (TPSA) is 118 Å². The van der Waals surface area contributed by atoms with Crippen LogP contribution in [0.3, 0.4) is 0 Å². The molecule has 0 unspecified atom stereocenters. The van der Waals surface area contributed by atoms with Crippen LogP contribution in [0.25, 0.3) is 0 Å². The molecule has 0 fully saturated rings. The van der Waals surface area contributed by atoms with E-state index in [1.54, 1.807) is 42.5 Å². The molecule has 180 valence electrons. The number of nitriles is 1. The summed E-state index contributed by atoms with van der Waals surface area (Å²) in [5, 5.41) is 11.2. The molecule has 2 rings (SSSR count). The third kappa shape index (κ3) is 9.67. The second-order valence-electron chi connectivity index (χ2n) is 7.19. The van der Waals surface area contributed by atoms with Gasteiger partial charge in [0.2, 0.25) is 5.91 Å². The average Bonchev–Trinajstić information content (AvgIpc) is 2.83. The molecule has 2 amide bonds. The van der Waals surface area contributed by atoms with Crippen molar-refractivity contribution in [2.24, 2.45) is 0 Å². The van der Waals surface area contributed by atoms with Gasteiger partial charge in [-0.2, -0.15) is 5.26 Å². The standard InChI is InChI=1S/C24H26FN3O6/c1-32-13-2-12-28(16-23(30)33-14-11-26)24(31)34-17-19-5-9-21(10-6-19)27-22(29)15-18-3-7-20(25)8-4-18/h3-10H,2,12-17H2,1H3,(H,27,29). The van der Waals surface area contributed by atoms with Crippen LogP contribution in [0.1, 0.15) is 17.5 Å². The Labute approximate surface area is 197 Å². The molecule has 0 saturated carbocycles. The Kier molecular flexibility index (Phi) is 11.0. The summed E-state index contributed by atoms with van der Waals surface area (Å²) < 4.78 is 27.9. The number of carbonyl (C=O) groups is 3. The van der Waals surface area contributed by atoms with Crippen molar-refractivity contribution in [1.82, 2.24) is 4.90 Å². The van der Waals surface area contributed by atoms with E-state index in [-0.39, 0.29) is 37.8 Å². The number of rotatable bonds is 12. The molecule has 34 heavy (non-hydrogen) atoms. The zero-order valence-corrected chi connectivity index (χ0v) is 18.8. The number of nitrogens with zero attached hydrogens (tertiary/aromatic N) is 2. The fourth-order valence-corrected chi connectivity index (χ4v) is 2.86. The van der Waals surface area contributed by atoms with Crippen LogP contribution in [-0.2, 0) is 36.8 Å². The number of hydrogen-bond acceptors (Lipinski definition) is 7. The van der Waals surface area contributed by atoms with E-state index in [0.29, 0.717) is 29.8 Å². The van der Waals surface area contributed by atoms with Crippen LogP contribution in [-0.4, -0.2) is 56.3 Å². The Morgan fingerprint density at radius 3 is 2.35 bits per heavy atom. The normalized spacial score (nSPS) is 10.1. The van der Waals surface area contributed by atoms with Gasteiger partial charge < -0.3 is 19.5 Å². The van der Waals surface area contributed by atoms with Crippen molar-refractivity contribution in [2.75, 3.05) is 38.7 Å². The summed E-state index contributed by atoms with van der Waals surface area (Å²) >= 11 is 0. The number of esters is 1. The minimum absolute atomic E-state index is 0.0450. The lowest BCUT2D eigenvalue weighted by molar-refractivity contribution is -0.143. The van der Waals surface area contributed by atoms with Crippen molar-refractivity contribution in [2.45, 2.75) is 19.4 Å². The smallest absolute Gasteiger partial charge is 0.410 e.